The summed E-state index contributed by atoms with van der Waals surface area (Å²) in [5.41, 5.74) is 9.87. The van der Waals surface area contributed by atoms with Crippen molar-refractivity contribution in [2.75, 3.05) is 178 Å². The van der Waals surface area contributed by atoms with Crippen LogP contribution in [0.2, 0.25) is 0 Å². The number of amides is 1. The average Bonchev–Trinajstić information content (AvgIpc) is 2.50. The number of fused-ring (bicyclic) bond motifs is 1. The van der Waals surface area contributed by atoms with Gasteiger partial charge < -0.3 is 67.6 Å². The quantitative estimate of drug-likeness (QED) is 0.0220. The number of hydrogen-bond acceptors (Lipinski definition) is 18. The fraction of sp³-hybridized carbons (Fsp3) is 0.603. The SMILES string of the molecule is CCCN(CCC)C(=O)C1=Cc2ccc(-c3cccc(S(=O)(=O)N4CC5(CCN(CCOCCOCCOCCOCCOCCOCCOCCOCCOCCOCCC(=O)Oc6c(F)c(F)cc(F)c6F)C5)C4)c3)cc2N=C(N)C1. The molecule has 20 nitrogen and oxygen atoms in total. The molecule has 2 fully saturated rings. The minimum atomic E-state index is -3.71. The Balaban J connectivity index is 0.680. The third-order valence-corrected chi connectivity index (χ3v) is 15.3. The Morgan fingerprint density at radius 1 is 0.627 bits per heavy atom. The molecule has 1 amide bonds. The second kappa shape index (κ2) is 36.1. The zero-order chi connectivity index (χ0) is 59.3. The van der Waals surface area contributed by atoms with Crippen LogP contribution >= 0.6 is 0 Å². The number of nitrogens with two attached hydrogens (primary N) is 1. The number of benzene rings is 3. The van der Waals surface area contributed by atoms with Crippen molar-refractivity contribution < 1.29 is 87.7 Å². The van der Waals surface area contributed by atoms with Gasteiger partial charge in [0.1, 0.15) is 5.84 Å². The first-order chi connectivity index (χ1) is 40.2. The van der Waals surface area contributed by atoms with E-state index in [1.807, 2.05) is 35.2 Å². The molecular formula is C58H81F4N5O15S. The fourth-order valence-electron chi connectivity index (χ4n) is 9.34. The van der Waals surface area contributed by atoms with Crippen molar-refractivity contribution in [1.29, 1.82) is 0 Å². The fourth-order valence-corrected chi connectivity index (χ4v) is 11.0. The number of esters is 1. The molecule has 0 unspecified atom stereocenters. The molecule has 83 heavy (non-hydrogen) atoms. The van der Waals surface area contributed by atoms with Crippen LogP contribution in [0.25, 0.3) is 17.2 Å². The molecule has 1 spiro atoms. The van der Waals surface area contributed by atoms with Gasteiger partial charge in [-0.25, -0.2) is 22.2 Å². The predicted molar refractivity (Wildman–Crippen MR) is 300 cm³/mol. The number of likely N-dealkylation sites (tertiary alicyclic amines) is 1. The topological polar surface area (TPSA) is 218 Å². The number of sulfonamides is 1. The van der Waals surface area contributed by atoms with Crippen LogP contribution in [0.5, 0.6) is 5.75 Å². The molecule has 25 heteroatoms. The smallest absolute Gasteiger partial charge is 0.313 e. The van der Waals surface area contributed by atoms with E-state index in [4.69, 9.17) is 53.1 Å². The minimum Gasteiger partial charge on any atom is -0.420 e. The van der Waals surface area contributed by atoms with Crippen molar-refractivity contribution in [3.63, 3.8) is 0 Å². The molecule has 0 atom stereocenters. The largest absolute Gasteiger partial charge is 0.420 e. The molecule has 462 valence electrons. The van der Waals surface area contributed by atoms with Gasteiger partial charge in [-0.2, -0.15) is 13.1 Å². The van der Waals surface area contributed by atoms with Crippen LogP contribution in [0.1, 0.15) is 51.5 Å². The van der Waals surface area contributed by atoms with Gasteiger partial charge in [0.25, 0.3) is 0 Å². The van der Waals surface area contributed by atoms with Gasteiger partial charge in [0.2, 0.25) is 33.3 Å². The third-order valence-electron chi connectivity index (χ3n) is 13.5. The lowest BCUT2D eigenvalue weighted by molar-refractivity contribution is -0.136. The molecule has 2 saturated heterocycles. The summed E-state index contributed by atoms with van der Waals surface area (Å²) >= 11 is 0. The minimum absolute atomic E-state index is 0.0159. The summed E-state index contributed by atoms with van der Waals surface area (Å²) in [6, 6.07) is 12.8. The number of carbonyl (C=O) groups is 2. The molecule has 6 rings (SSSR count). The van der Waals surface area contributed by atoms with Crippen LogP contribution in [0.3, 0.4) is 0 Å². The second-order valence-electron chi connectivity index (χ2n) is 20.0. The monoisotopic (exact) mass is 1200 g/mol. The van der Waals surface area contributed by atoms with Crippen molar-refractivity contribution in [2.45, 2.75) is 50.8 Å². The number of nitrogens with zero attached hydrogens (tertiary/aromatic N) is 4. The van der Waals surface area contributed by atoms with Crippen LogP contribution in [0, 0.1) is 28.7 Å². The first-order valence-corrected chi connectivity index (χ1v) is 29.8. The van der Waals surface area contributed by atoms with E-state index in [0.717, 1.165) is 55.6 Å². The summed E-state index contributed by atoms with van der Waals surface area (Å²) in [6.45, 7) is 16.1. The van der Waals surface area contributed by atoms with Crippen LogP contribution in [0.4, 0.5) is 23.2 Å². The second-order valence-corrected chi connectivity index (χ2v) is 21.9. The van der Waals surface area contributed by atoms with E-state index in [2.05, 4.69) is 28.5 Å². The van der Waals surface area contributed by atoms with E-state index in [1.165, 1.54) is 0 Å². The molecule has 3 heterocycles. The number of amidine groups is 1. The van der Waals surface area contributed by atoms with E-state index in [9.17, 15) is 35.6 Å². The Hall–Kier alpha value is -5.00. The Labute approximate surface area is 484 Å². The maximum Gasteiger partial charge on any atom is 0.313 e. The van der Waals surface area contributed by atoms with Crippen molar-refractivity contribution in [2.24, 2.45) is 16.1 Å². The normalized spacial score (nSPS) is 15.3. The number of hydrogen-bond donors (Lipinski definition) is 1. The van der Waals surface area contributed by atoms with Crippen LogP contribution < -0.4 is 10.5 Å². The molecule has 0 bridgehead atoms. The van der Waals surface area contributed by atoms with Crippen LogP contribution in [-0.2, 0) is 67.0 Å². The standard InChI is InChI=1S/C58H81F4N5O15S/c1-3-12-66(13-4-2)57(69)47-36-46-9-8-45(38-51(46)64-52(63)39-47)44-6-5-7-48(37-44)83(70,71)67-42-58(43-67)11-14-65(41-58)15-17-73-19-21-75-23-25-77-27-29-79-31-33-81-35-34-80-32-30-78-28-26-76-24-22-74-20-18-72-16-10-53(68)82-56-54(61)49(59)40-50(60)55(56)62/h5-9,36-38,40H,3-4,10-35,39,41-43H2,1-2H3,(H2,63,64). The van der Waals surface area contributed by atoms with E-state index in [0.29, 0.717) is 149 Å². The van der Waals surface area contributed by atoms with Gasteiger partial charge in [0, 0.05) is 68.3 Å². The zero-order valence-electron chi connectivity index (χ0n) is 47.7. The lowest BCUT2D eigenvalue weighted by Crippen LogP contribution is -2.59. The van der Waals surface area contributed by atoms with Gasteiger partial charge in [0.15, 0.2) is 11.6 Å². The molecular weight excluding hydrogens is 1110 g/mol. The lowest BCUT2D eigenvalue weighted by atomic mass is 9.81. The first kappa shape index (κ1) is 67.1. The van der Waals surface area contributed by atoms with E-state index in [1.54, 1.807) is 22.5 Å². The molecule has 3 aliphatic heterocycles. The Morgan fingerprint density at radius 2 is 1.11 bits per heavy atom. The first-order valence-electron chi connectivity index (χ1n) is 28.3. The summed E-state index contributed by atoms with van der Waals surface area (Å²) in [5.74, 6) is -9.19. The van der Waals surface area contributed by atoms with E-state index in [-0.39, 0.29) is 55.1 Å². The van der Waals surface area contributed by atoms with Gasteiger partial charge in [-0.3, -0.25) is 9.59 Å². The summed E-state index contributed by atoms with van der Waals surface area (Å²) < 4.78 is 142. The summed E-state index contributed by atoms with van der Waals surface area (Å²) in [7, 11) is -3.71. The molecule has 3 aromatic rings. The summed E-state index contributed by atoms with van der Waals surface area (Å²) in [5, 5.41) is 0. The summed E-state index contributed by atoms with van der Waals surface area (Å²) in [6.07, 6.45) is 4.40. The molecule has 3 aromatic carbocycles. The summed E-state index contributed by atoms with van der Waals surface area (Å²) in [4.78, 5) is 34.3. The molecule has 0 aromatic heterocycles. The van der Waals surface area contributed by atoms with Crippen LogP contribution in [0.15, 0.2) is 64.0 Å². The number of aliphatic imine (C=N–C) groups is 1. The molecule has 0 radical (unpaired) electrons. The van der Waals surface area contributed by atoms with Gasteiger partial charge >= 0.3 is 5.97 Å². The third kappa shape index (κ3) is 22.1. The van der Waals surface area contributed by atoms with E-state index >= 15 is 0 Å². The highest BCUT2D eigenvalue weighted by molar-refractivity contribution is 7.89. The molecule has 2 N–H and O–H groups in total. The van der Waals surface area contributed by atoms with E-state index < -0.39 is 51.4 Å². The maximum absolute atomic E-state index is 13.9. The number of ether oxygens (including phenoxy) is 11. The number of carbonyl (C=O) groups excluding carboxylic acids is 2. The Morgan fingerprint density at radius 3 is 1.61 bits per heavy atom. The van der Waals surface area contributed by atoms with Gasteiger partial charge in [0.05, 0.1) is 149 Å². The lowest BCUT2D eigenvalue weighted by Gasteiger charge is -2.47. The Kier molecular flexibility index (Phi) is 29.2. The molecule has 3 aliphatic rings. The zero-order valence-corrected chi connectivity index (χ0v) is 48.6. The maximum atomic E-state index is 13.9. The van der Waals surface area contributed by atoms with Gasteiger partial charge in [-0.15, -0.1) is 0 Å². The molecule has 0 saturated carbocycles. The predicted octanol–water partition coefficient (Wildman–Crippen LogP) is 6.19. The van der Waals surface area contributed by atoms with Crippen molar-refractivity contribution in [3.8, 4) is 16.9 Å². The highest BCUT2D eigenvalue weighted by atomic mass is 32.2. The van der Waals surface area contributed by atoms with Gasteiger partial charge in [-0.05, 0) is 61.2 Å². The van der Waals surface area contributed by atoms with Crippen molar-refractivity contribution >= 4 is 39.5 Å². The average molecular weight is 1200 g/mol. The highest BCUT2D eigenvalue weighted by Gasteiger charge is 2.51. The molecule has 0 aliphatic carbocycles. The number of halogens is 4. The Bertz CT molecular complexity index is 2640. The van der Waals surface area contributed by atoms with Gasteiger partial charge in [-0.1, -0.05) is 38.1 Å². The highest BCUT2D eigenvalue weighted by Crippen LogP contribution is 2.43. The number of rotatable bonds is 42. The van der Waals surface area contributed by atoms with Crippen LogP contribution in [-0.4, -0.2) is 218 Å². The van der Waals surface area contributed by atoms with Crippen molar-refractivity contribution in [1.82, 2.24) is 14.1 Å². The van der Waals surface area contributed by atoms with Crippen molar-refractivity contribution in [3.05, 3.63) is 82.9 Å².